The van der Waals surface area contributed by atoms with E-state index in [1.807, 2.05) is 84.6 Å². The molecule has 5 rings (SSSR count). The summed E-state index contributed by atoms with van der Waals surface area (Å²) in [4.78, 5) is 27.6. The number of anilines is 1. The van der Waals surface area contributed by atoms with Crippen LogP contribution in [0.5, 0.6) is 17.2 Å². The van der Waals surface area contributed by atoms with Crippen LogP contribution in [0.25, 0.3) is 0 Å². The monoisotopic (exact) mass is 628 g/mol. The number of rotatable bonds is 14. The molecule has 0 saturated carbocycles. The lowest BCUT2D eigenvalue weighted by atomic mass is 10.1. The highest BCUT2D eigenvalue weighted by Gasteiger charge is 2.41. The summed E-state index contributed by atoms with van der Waals surface area (Å²) in [6, 6.07) is 30.9. The van der Waals surface area contributed by atoms with Gasteiger partial charge < -0.3 is 19.9 Å². The number of hydrogen-bond donors (Lipinski definition) is 1. The molecule has 2 amide bonds. The van der Waals surface area contributed by atoms with Crippen LogP contribution in [0.4, 0.5) is 5.69 Å². The molecule has 2 atom stereocenters. The van der Waals surface area contributed by atoms with Crippen molar-refractivity contribution in [2.45, 2.75) is 30.1 Å². The van der Waals surface area contributed by atoms with Crippen LogP contribution in [0.3, 0.4) is 0 Å². The molecule has 1 fully saturated rings. The number of thioether (sulfide) groups is 2. The second-order valence-corrected chi connectivity index (χ2v) is 12.8. The number of benzene rings is 4. The number of ether oxygens (including phenoxy) is 3. The third kappa shape index (κ3) is 7.70. The van der Waals surface area contributed by atoms with Gasteiger partial charge in [-0.2, -0.15) is 11.8 Å². The fourth-order valence-electron chi connectivity index (χ4n) is 5.02. The third-order valence-electron chi connectivity index (χ3n) is 7.37. The number of nitrogens with two attached hydrogens (primary N) is 1. The van der Waals surface area contributed by atoms with Crippen LogP contribution in [0.2, 0.25) is 0 Å². The minimum absolute atomic E-state index is 0.0338. The molecule has 0 aromatic heterocycles. The molecular weight excluding hydrogens is 593 g/mol. The fraction of sp³-hybridized carbons (Fsp3) is 0.257. The molecule has 0 spiro atoms. The summed E-state index contributed by atoms with van der Waals surface area (Å²) >= 11 is 3.48. The summed E-state index contributed by atoms with van der Waals surface area (Å²) in [6.45, 7) is 0.481. The Labute approximate surface area is 267 Å². The van der Waals surface area contributed by atoms with Crippen LogP contribution < -0.4 is 24.8 Å². The molecule has 0 radical (unpaired) electrons. The van der Waals surface area contributed by atoms with Crippen molar-refractivity contribution >= 4 is 41.0 Å². The topological polar surface area (TPSA) is 91.1 Å². The van der Waals surface area contributed by atoms with E-state index in [0.29, 0.717) is 17.9 Å². The number of carbonyl (C=O) groups excluding carboxylic acids is 2. The Morgan fingerprint density at radius 2 is 1.64 bits per heavy atom. The molecule has 1 aliphatic heterocycles. The summed E-state index contributed by atoms with van der Waals surface area (Å²) in [5, 5.41) is -0.449. The molecule has 1 heterocycles. The van der Waals surface area contributed by atoms with Crippen LogP contribution in [0.1, 0.15) is 38.8 Å². The Bertz CT molecular complexity index is 1570. The van der Waals surface area contributed by atoms with Gasteiger partial charge in [-0.25, -0.2) is 0 Å². The van der Waals surface area contributed by atoms with E-state index >= 15 is 0 Å². The molecule has 2 unspecified atom stereocenters. The number of primary amides is 1. The van der Waals surface area contributed by atoms with Gasteiger partial charge in [0.15, 0.2) is 11.5 Å². The molecule has 228 valence electrons. The number of carbonyl (C=O) groups is 2. The van der Waals surface area contributed by atoms with Gasteiger partial charge in [-0.15, -0.1) is 11.8 Å². The first-order valence-electron chi connectivity index (χ1n) is 14.4. The Hall–Kier alpha value is -4.08. The van der Waals surface area contributed by atoms with E-state index in [-0.39, 0.29) is 16.5 Å². The van der Waals surface area contributed by atoms with Gasteiger partial charge in [-0.05, 0) is 83.5 Å². The third-order valence-corrected chi connectivity index (χ3v) is 9.89. The number of methoxy groups -OCH3 is 2. The molecule has 2 N–H and O–H groups in total. The van der Waals surface area contributed by atoms with Crippen molar-refractivity contribution in [1.29, 1.82) is 0 Å². The van der Waals surface area contributed by atoms with Gasteiger partial charge in [0.25, 0.3) is 0 Å². The minimum atomic E-state index is -0.523. The lowest BCUT2D eigenvalue weighted by Gasteiger charge is -2.25. The van der Waals surface area contributed by atoms with Gasteiger partial charge in [0, 0.05) is 11.3 Å². The first-order valence-corrected chi connectivity index (χ1v) is 16.5. The fourth-order valence-corrected chi connectivity index (χ4v) is 7.62. The highest BCUT2D eigenvalue weighted by atomic mass is 32.2. The van der Waals surface area contributed by atoms with Gasteiger partial charge in [0.1, 0.15) is 17.7 Å². The van der Waals surface area contributed by atoms with Crippen molar-refractivity contribution in [3.63, 3.8) is 0 Å². The second-order valence-electron chi connectivity index (χ2n) is 10.3. The molecule has 1 saturated heterocycles. The van der Waals surface area contributed by atoms with Crippen LogP contribution in [0.15, 0.2) is 97.1 Å². The number of hydrogen-bond acceptors (Lipinski definition) is 7. The Morgan fingerprint density at radius 1 is 0.864 bits per heavy atom. The molecule has 4 aromatic rings. The standard InChI is InChI=1S/C35H36N2O5S2/c1-40-30-16-11-24(21-31(30)41-2)17-19-43-20-18-32-34(39)37(28-10-6-9-27(22-28)33(36)38)35(44-32)26-12-14-29(15-13-26)42-23-25-7-4-3-5-8-25/h3-16,21-22,32,35H,17-20,23H2,1-2H3,(H2,36,38). The van der Waals surface area contributed by atoms with E-state index < -0.39 is 5.91 Å². The maximum absolute atomic E-state index is 13.8. The van der Waals surface area contributed by atoms with Crippen LogP contribution >= 0.6 is 23.5 Å². The largest absolute Gasteiger partial charge is 0.493 e. The Balaban J connectivity index is 1.25. The van der Waals surface area contributed by atoms with E-state index in [4.69, 9.17) is 19.9 Å². The first kappa shape index (κ1) is 31.3. The zero-order valence-electron chi connectivity index (χ0n) is 24.8. The second kappa shape index (κ2) is 15.1. The van der Waals surface area contributed by atoms with Crippen molar-refractivity contribution in [3.8, 4) is 17.2 Å². The molecule has 0 aliphatic carbocycles. The van der Waals surface area contributed by atoms with Crippen LogP contribution in [-0.2, 0) is 17.8 Å². The average molecular weight is 629 g/mol. The lowest BCUT2D eigenvalue weighted by Crippen LogP contribution is -2.31. The predicted octanol–water partition coefficient (Wildman–Crippen LogP) is 6.89. The molecule has 0 bridgehead atoms. The molecule has 1 aliphatic rings. The number of amides is 2. The summed E-state index contributed by atoms with van der Waals surface area (Å²) in [5.41, 5.74) is 9.87. The molecular formula is C35H36N2O5S2. The van der Waals surface area contributed by atoms with Crippen molar-refractivity contribution in [2.24, 2.45) is 5.73 Å². The van der Waals surface area contributed by atoms with Crippen molar-refractivity contribution in [3.05, 3.63) is 119 Å². The van der Waals surface area contributed by atoms with E-state index in [1.165, 1.54) is 5.56 Å². The normalized spacial score (nSPS) is 16.1. The maximum Gasteiger partial charge on any atom is 0.248 e. The first-order chi connectivity index (χ1) is 21.5. The predicted molar refractivity (Wildman–Crippen MR) is 179 cm³/mol. The van der Waals surface area contributed by atoms with Gasteiger partial charge in [0.2, 0.25) is 11.8 Å². The average Bonchev–Trinajstić information content (AvgIpc) is 3.39. The van der Waals surface area contributed by atoms with Crippen molar-refractivity contribution < 1.29 is 23.8 Å². The van der Waals surface area contributed by atoms with Gasteiger partial charge in [-0.3, -0.25) is 14.5 Å². The lowest BCUT2D eigenvalue weighted by molar-refractivity contribution is -0.117. The Morgan fingerprint density at radius 3 is 2.36 bits per heavy atom. The van der Waals surface area contributed by atoms with E-state index in [2.05, 4.69) is 6.07 Å². The summed E-state index contributed by atoms with van der Waals surface area (Å²) in [7, 11) is 3.27. The zero-order valence-corrected chi connectivity index (χ0v) is 26.4. The van der Waals surface area contributed by atoms with Crippen LogP contribution in [0, 0.1) is 0 Å². The van der Waals surface area contributed by atoms with Crippen molar-refractivity contribution in [2.75, 3.05) is 30.6 Å². The summed E-state index contributed by atoms with van der Waals surface area (Å²) in [5.74, 6) is 3.50. The van der Waals surface area contributed by atoms with Gasteiger partial charge in [-0.1, -0.05) is 54.6 Å². The molecule has 44 heavy (non-hydrogen) atoms. The molecule has 4 aromatic carbocycles. The number of aryl methyl sites for hydroxylation is 1. The quantitative estimate of drug-likeness (QED) is 0.152. The highest BCUT2D eigenvalue weighted by molar-refractivity contribution is 8.01. The van der Waals surface area contributed by atoms with E-state index in [0.717, 1.165) is 52.7 Å². The SMILES string of the molecule is COc1ccc(CCSCCC2SC(c3ccc(OCc4ccccc4)cc3)N(c3cccc(C(N)=O)c3)C2=O)cc1OC. The maximum atomic E-state index is 13.8. The molecule has 9 heteroatoms. The van der Waals surface area contributed by atoms with Gasteiger partial charge in [0.05, 0.1) is 19.5 Å². The molecule has 7 nitrogen and oxygen atoms in total. The smallest absolute Gasteiger partial charge is 0.248 e. The summed E-state index contributed by atoms with van der Waals surface area (Å²) in [6.07, 6.45) is 1.63. The van der Waals surface area contributed by atoms with E-state index in [9.17, 15) is 9.59 Å². The minimum Gasteiger partial charge on any atom is -0.493 e. The zero-order chi connectivity index (χ0) is 30.9. The van der Waals surface area contributed by atoms with Gasteiger partial charge >= 0.3 is 0 Å². The Kier molecular flexibility index (Phi) is 10.7. The van der Waals surface area contributed by atoms with Crippen molar-refractivity contribution in [1.82, 2.24) is 0 Å². The van der Waals surface area contributed by atoms with E-state index in [1.54, 1.807) is 49.1 Å². The summed E-state index contributed by atoms with van der Waals surface area (Å²) < 4.78 is 16.7. The number of nitrogens with zero attached hydrogens (tertiary/aromatic N) is 1. The van der Waals surface area contributed by atoms with Crippen LogP contribution in [-0.4, -0.2) is 42.8 Å². The highest BCUT2D eigenvalue weighted by Crippen LogP contribution is 2.47.